The molecular weight excluding hydrogens is 254 g/mol. The number of piperidine rings is 1. The van der Waals surface area contributed by atoms with Crippen LogP contribution in [0.2, 0.25) is 0 Å². The Morgan fingerprint density at radius 2 is 2.11 bits per heavy atom. The first-order valence-electron chi connectivity index (χ1n) is 6.97. The minimum Gasteiger partial charge on any atom is -0.456 e. The lowest BCUT2D eigenvalue weighted by Crippen LogP contribution is -2.39. The highest BCUT2D eigenvalue weighted by molar-refractivity contribution is 5.79. The lowest BCUT2D eigenvalue weighted by atomic mass is 9.93. The predicted molar refractivity (Wildman–Crippen MR) is 67.2 cm³/mol. The van der Waals surface area contributed by atoms with Crippen LogP contribution in [0.1, 0.15) is 25.7 Å². The number of nitrogens with one attached hydrogen (secondary N) is 1. The Morgan fingerprint density at radius 1 is 1.42 bits per heavy atom. The number of likely N-dealkylation sites (tertiary alicyclic amines) is 1. The molecule has 0 aliphatic carbocycles. The van der Waals surface area contributed by atoms with E-state index in [2.05, 4.69) is 10.2 Å². The van der Waals surface area contributed by atoms with E-state index in [0.717, 1.165) is 38.4 Å². The van der Waals surface area contributed by atoms with E-state index in [1.54, 1.807) is 0 Å². The summed E-state index contributed by atoms with van der Waals surface area (Å²) in [5.41, 5.74) is 0. The molecule has 0 spiro atoms. The van der Waals surface area contributed by atoms with Crippen molar-refractivity contribution in [1.82, 2.24) is 10.2 Å². The molecule has 2 rings (SSSR count). The maximum absolute atomic E-state index is 13.0. The normalized spacial score (nSPS) is 28.6. The van der Waals surface area contributed by atoms with Gasteiger partial charge < -0.3 is 10.1 Å². The summed E-state index contributed by atoms with van der Waals surface area (Å²) in [6.07, 6.45) is 2.25. The maximum atomic E-state index is 13.0. The monoisotopic (exact) mass is 276 g/mol. The summed E-state index contributed by atoms with van der Waals surface area (Å²) in [5, 5.41) is 3.14. The van der Waals surface area contributed by atoms with Crippen LogP contribution in [0.3, 0.4) is 0 Å². The number of alkyl halides is 2. The van der Waals surface area contributed by atoms with Crippen molar-refractivity contribution < 1.29 is 18.3 Å². The van der Waals surface area contributed by atoms with Crippen LogP contribution in [-0.2, 0) is 9.53 Å². The van der Waals surface area contributed by atoms with Crippen LogP contribution in [0, 0.1) is 5.92 Å². The molecule has 0 radical (unpaired) electrons. The zero-order chi connectivity index (χ0) is 13.9. The summed E-state index contributed by atoms with van der Waals surface area (Å²) in [4.78, 5) is 13.1. The first-order chi connectivity index (χ1) is 9.01. The van der Waals surface area contributed by atoms with Crippen molar-refractivity contribution in [3.8, 4) is 0 Å². The van der Waals surface area contributed by atoms with Crippen LogP contribution in [-0.4, -0.2) is 56.1 Å². The number of nitrogens with zero attached hydrogens (tertiary/aromatic N) is 1. The smallest absolute Gasteiger partial charge is 0.377 e. The van der Waals surface area contributed by atoms with E-state index in [1.807, 2.05) is 7.05 Å². The van der Waals surface area contributed by atoms with E-state index in [1.165, 1.54) is 6.42 Å². The molecule has 0 aromatic carbocycles. The Balaban J connectivity index is 1.70. The lowest BCUT2D eigenvalue weighted by Gasteiger charge is -2.33. The molecular formula is C13H22F2N2O2. The minimum atomic E-state index is -3.28. The third-order valence-electron chi connectivity index (χ3n) is 4.03. The topological polar surface area (TPSA) is 41.6 Å². The average molecular weight is 276 g/mol. The van der Waals surface area contributed by atoms with Crippen LogP contribution in [0.4, 0.5) is 8.78 Å². The molecule has 0 amide bonds. The summed E-state index contributed by atoms with van der Waals surface area (Å²) >= 11 is 0. The number of hydrogen-bond donors (Lipinski definition) is 1. The van der Waals surface area contributed by atoms with Crippen molar-refractivity contribution in [2.45, 2.75) is 37.7 Å². The molecule has 2 aliphatic heterocycles. The average Bonchev–Trinajstić information content (AvgIpc) is 2.62. The number of cyclic esters (lactones) is 1. The zero-order valence-corrected chi connectivity index (χ0v) is 11.3. The predicted octanol–water partition coefficient (Wildman–Crippen LogP) is 1.26. The van der Waals surface area contributed by atoms with E-state index in [0.29, 0.717) is 6.54 Å². The summed E-state index contributed by atoms with van der Waals surface area (Å²) in [7, 11) is 1.95. The molecule has 110 valence electrons. The molecule has 4 nitrogen and oxygen atoms in total. The second-order valence-corrected chi connectivity index (χ2v) is 5.57. The molecule has 2 heterocycles. The van der Waals surface area contributed by atoms with Gasteiger partial charge in [0.05, 0.1) is 6.42 Å². The molecule has 2 saturated heterocycles. The first kappa shape index (κ1) is 14.7. The Hall–Kier alpha value is -0.750. The third kappa shape index (κ3) is 3.86. The minimum absolute atomic E-state index is 0.445. The van der Waals surface area contributed by atoms with Crippen LogP contribution in [0.5, 0.6) is 0 Å². The number of carbonyl (C=O) groups is 1. The highest BCUT2D eigenvalue weighted by Gasteiger charge is 2.51. The van der Waals surface area contributed by atoms with Gasteiger partial charge in [0, 0.05) is 6.54 Å². The fourth-order valence-electron chi connectivity index (χ4n) is 2.84. The van der Waals surface area contributed by atoms with Crippen LogP contribution in [0.15, 0.2) is 0 Å². The van der Waals surface area contributed by atoms with Crippen molar-refractivity contribution in [1.29, 1.82) is 0 Å². The SMILES string of the molecule is CNCCC1CCN(CC2CC(F)(F)C(=O)O2)CC1. The summed E-state index contributed by atoms with van der Waals surface area (Å²) in [6, 6.07) is 0. The molecule has 2 aliphatic rings. The van der Waals surface area contributed by atoms with Crippen LogP contribution in [0.25, 0.3) is 0 Å². The summed E-state index contributed by atoms with van der Waals surface area (Å²) < 4.78 is 30.8. The third-order valence-corrected chi connectivity index (χ3v) is 4.03. The highest BCUT2D eigenvalue weighted by Crippen LogP contribution is 2.32. The van der Waals surface area contributed by atoms with E-state index in [4.69, 9.17) is 4.74 Å². The van der Waals surface area contributed by atoms with E-state index in [-0.39, 0.29) is 0 Å². The van der Waals surface area contributed by atoms with Gasteiger partial charge >= 0.3 is 11.9 Å². The molecule has 6 heteroatoms. The van der Waals surface area contributed by atoms with Gasteiger partial charge in [-0.1, -0.05) is 0 Å². The van der Waals surface area contributed by atoms with E-state index in [9.17, 15) is 13.6 Å². The molecule has 0 saturated carbocycles. The highest BCUT2D eigenvalue weighted by atomic mass is 19.3. The van der Waals surface area contributed by atoms with Gasteiger partial charge in [0.2, 0.25) is 0 Å². The van der Waals surface area contributed by atoms with Gasteiger partial charge in [-0.05, 0) is 51.9 Å². The molecule has 1 atom stereocenters. The van der Waals surface area contributed by atoms with Gasteiger partial charge in [-0.25, -0.2) is 4.79 Å². The van der Waals surface area contributed by atoms with Crippen LogP contribution < -0.4 is 5.32 Å². The second kappa shape index (κ2) is 6.13. The Labute approximate surface area is 112 Å². The number of carbonyl (C=O) groups excluding carboxylic acids is 1. The van der Waals surface area contributed by atoms with Gasteiger partial charge in [0.25, 0.3) is 0 Å². The Morgan fingerprint density at radius 3 is 2.63 bits per heavy atom. The van der Waals surface area contributed by atoms with Crippen molar-refractivity contribution in [2.24, 2.45) is 5.92 Å². The summed E-state index contributed by atoms with van der Waals surface area (Å²) in [6.45, 7) is 3.29. The molecule has 0 aromatic heterocycles. The van der Waals surface area contributed by atoms with Gasteiger partial charge in [-0.2, -0.15) is 8.78 Å². The van der Waals surface area contributed by atoms with Crippen molar-refractivity contribution in [3.63, 3.8) is 0 Å². The molecule has 2 fully saturated rings. The van der Waals surface area contributed by atoms with Gasteiger partial charge in [0.15, 0.2) is 0 Å². The molecule has 19 heavy (non-hydrogen) atoms. The zero-order valence-electron chi connectivity index (χ0n) is 11.3. The van der Waals surface area contributed by atoms with Gasteiger partial charge in [0.1, 0.15) is 6.10 Å². The number of ether oxygens (including phenoxy) is 1. The Bertz CT molecular complexity index is 318. The van der Waals surface area contributed by atoms with Crippen LogP contribution >= 0.6 is 0 Å². The van der Waals surface area contributed by atoms with Crippen molar-refractivity contribution in [2.75, 3.05) is 33.2 Å². The van der Waals surface area contributed by atoms with Gasteiger partial charge in [-0.15, -0.1) is 0 Å². The quantitative estimate of drug-likeness (QED) is 0.768. The fourth-order valence-corrected chi connectivity index (χ4v) is 2.84. The fraction of sp³-hybridized carbons (Fsp3) is 0.923. The van der Waals surface area contributed by atoms with Gasteiger partial charge in [-0.3, -0.25) is 4.90 Å². The number of rotatable bonds is 5. The Kier molecular flexibility index (Phi) is 4.73. The van der Waals surface area contributed by atoms with Crippen molar-refractivity contribution >= 4 is 5.97 Å². The molecule has 0 aromatic rings. The number of hydrogen-bond acceptors (Lipinski definition) is 4. The van der Waals surface area contributed by atoms with E-state index < -0.39 is 24.4 Å². The lowest BCUT2D eigenvalue weighted by molar-refractivity contribution is -0.159. The largest absolute Gasteiger partial charge is 0.456 e. The second-order valence-electron chi connectivity index (χ2n) is 5.57. The first-order valence-corrected chi connectivity index (χ1v) is 6.97. The standard InChI is InChI=1S/C13H22F2N2O2/c1-16-5-2-10-3-6-17(7-4-10)9-11-8-13(14,15)12(18)19-11/h10-11,16H,2-9H2,1H3. The number of esters is 1. The number of halogens is 2. The molecule has 1 unspecified atom stereocenters. The molecule has 1 N–H and O–H groups in total. The van der Waals surface area contributed by atoms with Crippen molar-refractivity contribution in [3.05, 3.63) is 0 Å². The maximum Gasteiger partial charge on any atom is 0.377 e. The summed E-state index contributed by atoms with van der Waals surface area (Å²) in [5.74, 6) is -3.92. The van der Waals surface area contributed by atoms with E-state index >= 15 is 0 Å². The molecule has 0 bridgehead atoms.